The van der Waals surface area contributed by atoms with Crippen molar-refractivity contribution in [1.82, 2.24) is 9.97 Å². The predicted octanol–water partition coefficient (Wildman–Crippen LogP) is 6.17. The Hall–Kier alpha value is -3.58. The Morgan fingerprint density at radius 2 is 1.94 bits per heavy atom. The van der Waals surface area contributed by atoms with E-state index in [1.165, 1.54) is 13.2 Å². The second-order valence-electron chi connectivity index (χ2n) is 10.1. The lowest BCUT2D eigenvalue weighted by Gasteiger charge is -2.29. The van der Waals surface area contributed by atoms with Crippen LogP contribution in [0.25, 0.3) is 32.9 Å². The first-order chi connectivity index (χ1) is 17.1. The topological polar surface area (TPSA) is 70.5 Å². The van der Waals surface area contributed by atoms with Gasteiger partial charge in [0.25, 0.3) is 0 Å². The number of nitrogens with zero attached hydrogens (tertiary/aromatic N) is 2. The third kappa shape index (κ3) is 4.07. The first-order valence-electron chi connectivity index (χ1n) is 12.0. The maximum absolute atomic E-state index is 15.0. The van der Waals surface area contributed by atoms with Gasteiger partial charge in [-0.05, 0) is 76.1 Å². The molecule has 2 aromatic carbocycles. The lowest BCUT2D eigenvalue weighted by molar-refractivity contribution is -0.164. The van der Waals surface area contributed by atoms with Gasteiger partial charge in [-0.2, -0.15) is 0 Å². The molecule has 1 aliphatic heterocycles. The molecule has 0 unspecified atom stereocenters. The number of aryl methyl sites for hydroxylation is 2. The number of carbonyl (C=O) groups is 1. The molecule has 7 heteroatoms. The Labute approximate surface area is 209 Å². The molecule has 3 heterocycles. The zero-order valence-corrected chi connectivity index (χ0v) is 21.4. The Kier molecular flexibility index (Phi) is 5.91. The molecule has 36 heavy (non-hydrogen) atoms. The van der Waals surface area contributed by atoms with Crippen molar-refractivity contribution in [3.05, 3.63) is 64.7 Å². The molecule has 0 spiro atoms. The number of fused-ring (bicyclic) bond motifs is 1. The number of carbonyl (C=O) groups excluding carboxylic acids is 1. The molecular formula is C29H29FN2O4. The van der Waals surface area contributed by atoms with Gasteiger partial charge in [0, 0.05) is 45.8 Å². The van der Waals surface area contributed by atoms with Gasteiger partial charge < -0.3 is 14.2 Å². The average Bonchev–Trinajstić information content (AvgIpc) is 2.83. The molecule has 0 N–H and O–H groups in total. The standard InChI is InChI=1S/C29H29FN2O4/c1-15-13-21-19(14-20(15)30)25(23(16(2)32-21)27(28(33)34-6)36-29(3,4)5)18-7-8-22-24-17(10-12-35-22)9-11-31-26(18)24/h7-9,11,13-14,27H,10,12H2,1-6H3/t27-/m0/s1. The summed E-state index contributed by atoms with van der Waals surface area (Å²) in [6.07, 6.45) is 1.47. The maximum Gasteiger partial charge on any atom is 0.339 e. The molecule has 0 fully saturated rings. The second kappa shape index (κ2) is 8.82. The van der Waals surface area contributed by atoms with Crippen molar-refractivity contribution in [2.75, 3.05) is 13.7 Å². The minimum atomic E-state index is -1.08. The lowest BCUT2D eigenvalue weighted by atomic mass is 9.88. The van der Waals surface area contributed by atoms with Crippen molar-refractivity contribution in [3.8, 4) is 16.9 Å². The van der Waals surface area contributed by atoms with E-state index in [1.807, 2.05) is 45.9 Å². The zero-order chi connectivity index (χ0) is 25.8. The molecule has 0 saturated heterocycles. The van der Waals surface area contributed by atoms with Gasteiger partial charge in [0.05, 0.1) is 30.4 Å². The molecule has 2 aromatic heterocycles. The van der Waals surface area contributed by atoms with Gasteiger partial charge in [-0.1, -0.05) is 0 Å². The molecule has 0 radical (unpaired) electrons. The minimum absolute atomic E-state index is 0.356. The molecule has 0 aliphatic carbocycles. The first-order valence-corrected chi connectivity index (χ1v) is 12.0. The van der Waals surface area contributed by atoms with Crippen LogP contribution in [-0.4, -0.2) is 35.3 Å². The fraction of sp³-hybridized carbons (Fsp3) is 0.345. The van der Waals surface area contributed by atoms with Gasteiger partial charge >= 0.3 is 5.97 Å². The first kappa shape index (κ1) is 24.1. The van der Waals surface area contributed by atoms with Crippen LogP contribution < -0.4 is 4.74 Å². The number of benzene rings is 2. The van der Waals surface area contributed by atoms with E-state index in [-0.39, 0.29) is 5.82 Å². The highest BCUT2D eigenvalue weighted by Gasteiger charge is 2.34. The monoisotopic (exact) mass is 488 g/mol. The Balaban J connectivity index is 1.94. The molecule has 6 nitrogen and oxygen atoms in total. The van der Waals surface area contributed by atoms with Gasteiger partial charge in [0.15, 0.2) is 6.10 Å². The normalized spacial score (nSPS) is 14.1. The van der Waals surface area contributed by atoms with Crippen molar-refractivity contribution < 1.29 is 23.4 Å². The number of ether oxygens (including phenoxy) is 3. The van der Waals surface area contributed by atoms with Gasteiger partial charge in [-0.15, -0.1) is 0 Å². The van der Waals surface area contributed by atoms with E-state index in [0.717, 1.165) is 34.2 Å². The summed E-state index contributed by atoms with van der Waals surface area (Å²) in [6.45, 7) is 9.76. The molecule has 0 bridgehead atoms. The number of rotatable bonds is 4. The Morgan fingerprint density at radius 3 is 2.67 bits per heavy atom. The molecule has 0 amide bonds. The summed E-state index contributed by atoms with van der Waals surface area (Å²) < 4.78 is 32.3. The molecular weight excluding hydrogens is 459 g/mol. The molecule has 1 atom stereocenters. The van der Waals surface area contributed by atoms with E-state index in [0.29, 0.717) is 39.9 Å². The van der Waals surface area contributed by atoms with E-state index >= 15 is 0 Å². The number of pyridine rings is 2. The summed E-state index contributed by atoms with van der Waals surface area (Å²) in [5, 5.41) is 1.50. The molecule has 186 valence electrons. The fourth-order valence-corrected chi connectivity index (χ4v) is 4.93. The van der Waals surface area contributed by atoms with Crippen LogP contribution >= 0.6 is 0 Å². The number of aromatic nitrogens is 2. The maximum atomic E-state index is 15.0. The number of hydrogen-bond acceptors (Lipinski definition) is 6. The third-order valence-electron chi connectivity index (χ3n) is 6.48. The molecule has 5 rings (SSSR count). The molecule has 4 aromatic rings. The van der Waals surface area contributed by atoms with Gasteiger partial charge in [-0.25, -0.2) is 9.18 Å². The summed E-state index contributed by atoms with van der Waals surface area (Å²) in [5.74, 6) is -0.148. The van der Waals surface area contributed by atoms with Crippen LogP contribution in [0.2, 0.25) is 0 Å². The largest absolute Gasteiger partial charge is 0.493 e. The van der Waals surface area contributed by atoms with Crippen LogP contribution in [0.3, 0.4) is 0 Å². The summed E-state index contributed by atoms with van der Waals surface area (Å²) in [4.78, 5) is 22.6. The van der Waals surface area contributed by atoms with Crippen LogP contribution in [-0.2, 0) is 20.7 Å². The van der Waals surface area contributed by atoms with E-state index in [9.17, 15) is 9.18 Å². The van der Waals surface area contributed by atoms with Crippen LogP contribution in [0.5, 0.6) is 5.75 Å². The van der Waals surface area contributed by atoms with E-state index in [2.05, 4.69) is 0 Å². The fourth-order valence-electron chi connectivity index (χ4n) is 4.93. The minimum Gasteiger partial charge on any atom is -0.493 e. The number of esters is 1. The highest BCUT2D eigenvalue weighted by Crippen LogP contribution is 2.44. The van der Waals surface area contributed by atoms with Gasteiger partial charge in [0.2, 0.25) is 0 Å². The summed E-state index contributed by atoms with van der Waals surface area (Å²) in [5.41, 5.74) is 4.84. The van der Waals surface area contributed by atoms with E-state index < -0.39 is 17.7 Å². The molecule has 1 aliphatic rings. The summed E-state index contributed by atoms with van der Waals surface area (Å²) in [7, 11) is 1.33. The van der Waals surface area contributed by atoms with Crippen molar-refractivity contribution in [2.24, 2.45) is 0 Å². The van der Waals surface area contributed by atoms with E-state index in [1.54, 1.807) is 19.2 Å². The highest BCUT2D eigenvalue weighted by molar-refractivity contribution is 6.08. The quantitative estimate of drug-likeness (QED) is 0.320. The van der Waals surface area contributed by atoms with Crippen molar-refractivity contribution in [2.45, 2.75) is 52.7 Å². The van der Waals surface area contributed by atoms with Crippen molar-refractivity contribution >= 4 is 27.8 Å². The van der Waals surface area contributed by atoms with E-state index in [4.69, 9.17) is 24.2 Å². The number of methoxy groups -OCH3 is 1. The summed E-state index contributed by atoms with van der Waals surface area (Å²) >= 11 is 0. The van der Waals surface area contributed by atoms with Crippen LogP contribution in [0.15, 0.2) is 36.5 Å². The van der Waals surface area contributed by atoms with Gasteiger partial charge in [-0.3, -0.25) is 9.97 Å². The van der Waals surface area contributed by atoms with Crippen LogP contribution in [0, 0.1) is 19.7 Å². The van der Waals surface area contributed by atoms with Crippen LogP contribution in [0.1, 0.15) is 49.3 Å². The van der Waals surface area contributed by atoms with Crippen molar-refractivity contribution in [3.63, 3.8) is 0 Å². The highest BCUT2D eigenvalue weighted by atomic mass is 19.1. The SMILES string of the molecule is COC(=O)[C@@H](OC(C)(C)C)c1c(C)nc2cc(C)c(F)cc2c1-c1ccc2c3c(ccnc13)CCO2. The average molecular weight is 489 g/mol. The Bertz CT molecular complexity index is 1510. The van der Waals surface area contributed by atoms with Crippen molar-refractivity contribution in [1.29, 1.82) is 0 Å². The van der Waals surface area contributed by atoms with Crippen LogP contribution in [0.4, 0.5) is 4.39 Å². The zero-order valence-electron chi connectivity index (χ0n) is 21.4. The smallest absolute Gasteiger partial charge is 0.339 e. The Morgan fingerprint density at radius 1 is 1.17 bits per heavy atom. The van der Waals surface area contributed by atoms with Gasteiger partial charge in [0.1, 0.15) is 11.6 Å². The molecule has 0 saturated carbocycles. The second-order valence-corrected chi connectivity index (χ2v) is 10.1. The number of hydrogen-bond donors (Lipinski definition) is 0. The lowest BCUT2D eigenvalue weighted by Crippen LogP contribution is -2.29. The number of halogens is 1. The predicted molar refractivity (Wildman–Crippen MR) is 137 cm³/mol. The summed E-state index contributed by atoms with van der Waals surface area (Å²) in [6, 6.07) is 9.03. The third-order valence-corrected chi connectivity index (χ3v) is 6.48.